The van der Waals surface area contributed by atoms with Gasteiger partial charge < -0.3 is 10.0 Å². The Labute approximate surface area is 129 Å². The predicted molar refractivity (Wildman–Crippen MR) is 85.6 cm³/mol. The molecular formula is C16H17Cl2NO. The highest BCUT2D eigenvalue weighted by Gasteiger charge is 2.15. The third-order valence-electron chi connectivity index (χ3n) is 3.55. The van der Waals surface area contributed by atoms with Crippen molar-refractivity contribution in [2.24, 2.45) is 0 Å². The second-order valence-electron chi connectivity index (χ2n) is 4.74. The minimum atomic E-state index is -0.0527. The van der Waals surface area contributed by atoms with Crippen LogP contribution in [0.25, 0.3) is 0 Å². The molecule has 2 rings (SSSR count). The van der Waals surface area contributed by atoms with Crippen molar-refractivity contribution < 1.29 is 5.11 Å². The SMILES string of the molecule is CC(c1ccccc1Cl)N(C)c1ccc(CO)c(Cl)c1. The van der Waals surface area contributed by atoms with E-state index in [-0.39, 0.29) is 12.6 Å². The number of aliphatic hydroxyl groups excluding tert-OH is 1. The first-order valence-electron chi connectivity index (χ1n) is 6.41. The summed E-state index contributed by atoms with van der Waals surface area (Å²) >= 11 is 12.4. The fourth-order valence-corrected chi connectivity index (χ4v) is 2.66. The Morgan fingerprint density at radius 3 is 2.40 bits per heavy atom. The van der Waals surface area contributed by atoms with Crippen molar-refractivity contribution in [2.45, 2.75) is 19.6 Å². The molecule has 2 aromatic rings. The number of hydrogen-bond acceptors (Lipinski definition) is 2. The molecule has 0 radical (unpaired) electrons. The van der Waals surface area contributed by atoms with E-state index in [1.807, 2.05) is 49.5 Å². The molecule has 0 heterocycles. The van der Waals surface area contributed by atoms with E-state index >= 15 is 0 Å². The number of nitrogens with zero attached hydrogens (tertiary/aromatic N) is 1. The van der Waals surface area contributed by atoms with Crippen molar-refractivity contribution in [1.29, 1.82) is 0 Å². The summed E-state index contributed by atoms with van der Waals surface area (Å²) in [5.74, 6) is 0. The van der Waals surface area contributed by atoms with Crippen LogP contribution >= 0.6 is 23.2 Å². The molecular weight excluding hydrogens is 293 g/mol. The quantitative estimate of drug-likeness (QED) is 0.886. The molecule has 20 heavy (non-hydrogen) atoms. The fraction of sp³-hybridized carbons (Fsp3) is 0.250. The van der Waals surface area contributed by atoms with E-state index in [4.69, 9.17) is 28.3 Å². The lowest BCUT2D eigenvalue weighted by molar-refractivity contribution is 0.282. The largest absolute Gasteiger partial charge is 0.392 e. The van der Waals surface area contributed by atoms with Gasteiger partial charge in [0, 0.05) is 22.8 Å². The molecule has 0 aliphatic carbocycles. The first-order chi connectivity index (χ1) is 9.54. The molecule has 2 nitrogen and oxygen atoms in total. The summed E-state index contributed by atoms with van der Waals surface area (Å²) in [4.78, 5) is 2.11. The van der Waals surface area contributed by atoms with Gasteiger partial charge in [0.05, 0.1) is 12.6 Å². The number of halogens is 2. The summed E-state index contributed by atoms with van der Waals surface area (Å²) in [6.45, 7) is 2.04. The van der Waals surface area contributed by atoms with Gasteiger partial charge in [0.25, 0.3) is 0 Å². The van der Waals surface area contributed by atoms with Crippen LogP contribution in [0.4, 0.5) is 5.69 Å². The Hall–Kier alpha value is -1.22. The maximum Gasteiger partial charge on any atom is 0.0696 e. The molecule has 0 saturated heterocycles. The highest BCUT2D eigenvalue weighted by atomic mass is 35.5. The van der Waals surface area contributed by atoms with Crippen LogP contribution < -0.4 is 4.90 Å². The highest BCUT2D eigenvalue weighted by molar-refractivity contribution is 6.32. The Balaban J connectivity index is 2.29. The normalized spacial score (nSPS) is 12.2. The molecule has 0 bridgehead atoms. The molecule has 0 aliphatic rings. The molecule has 4 heteroatoms. The standard InChI is InChI=1S/C16H17Cl2NO/c1-11(14-5-3-4-6-15(14)17)19(2)13-8-7-12(10-20)16(18)9-13/h3-9,11,20H,10H2,1-2H3. The van der Waals surface area contributed by atoms with Crippen LogP contribution in [0, 0.1) is 0 Å². The van der Waals surface area contributed by atoms with E-state index in [0.29, 0.717) is 5.02 Å². The molecule has 0 spiro atoms. The van der Waals surface area contributed by atoms with Gasteiger partial charge in [-0.3, -0.25) is 0 Å². The topological polar surface area (TPSA) is 23.5 Å². The fourth-order valence-electron chi connectivity index (χ4n) is 2.13. The van der Waals surface area contributed by atoms with Crippen LogP contribution in [0.1, 0.15) is 24.1 Å². The molecule has 1 unspecified atom stereocenters. The predicted octanol–water partition coefficient (Wildman–Crippen LogP) is 4.68. The lowest BCUT2D eigenvalue weighted by Gasteiger charge is -2.28. The minimum Gasteiger partial charge on any atom is -0.392 e. The van der Waals surface area contributed by atoms with E-state index < -0.39 is 0 Å². The Morgan fingerprint density at radius 2 is 1.80 bits per heavy atom. The van der Waals surface area contributed by atoms with E-state index in [1.54, 1.807) is 0 Å². The van der Waals surface area contributed by atoms with Gasteiger partial charge in [-0.05, 0) is 36.2 Å². The summed E-state index contributed by atoms with van der Waals surface area (Å²) < 4.78 is 0. The summed E-state index contributed by atoms with van der Waals surface area (Å²) in [6.07, 6.45) is 0. The number of hydrogen-bond donors (Lipinski definition) is 1. The zero-order chi connectivity index (χ0) is 14.7. The molecule has 0 aromatic heterocycles. The summed E-state index contributed by atoms with van der Waals surface area (Å²) in [6, 6.07) is 13.6. The van der Waals surface area contributed by atoms with Crippen LogP contribution in [0.3, 0.4) is 0 Å². The van der Waals surface area contributed by atoms with Gasteiger partial charge in [0.2, 0.25) is 0 Å². The van der Waals surface area contributed by atoms with E-state index in [9.17, 15) is 0 Å². The van der Waals surface area contributed by atoms with Crippen molar-refractivity contribution >= 4 is 28.9 Å². The first kappa shape index (κ1) is 15.2. The summed E-state index contributed by atoms with van der Waals surface area (Å²) in [5.41, 5.74) is 2.79. The van der Waals surface area contributed by atoms with Crippen molar-refractivity contribution in [3.63, 3.8) is 0 Å². The smallest absolute Gasteiger partial charge is 0.0696 e. The van der Waals surface area contributed by atoms with E-state index in [1.165, 1.54) is 0 Å². The first-order valence-corrected chi connectivity index (χ1v) is 7.16. The third kappa shape index (κ3) is 3.09. The van der Waals surface area contributed by atoms with Crippen LogP contribution in [0.15, 0.2) is 42.5 Å². The second kappa shape index (κ2) is 6.49. The zero-order valence-corrected chi connectivity index (χ0v) is 13.0. The summed E-state index contributed by atoms with van der Waals surface area (Å²) in [7, 11) is 2.00. The van der Waals surface area contributed by atoms with Gasteiger partial charge >= 0.3 is 0 Å². The number of anilines is 1. The Kier molecular flexibility index (Phi) is 4.92. The maximum atomic E-state index is 9.16. The van der Waals surface area contributed by atoms with Crippen LogP contribution in [-0.4, -0.2) is 12.2 Å². The van der Waals surface area contributed by atoms with Crippen molar-refractivity contribution in [2.75, 3.05) is 11.9 Å². The van der Waals surface area contributed by atoms with Gasteiger partial charge in [-0.2, -0.15) is 0 Å². The van der Waals surface area contributed by atoms with Gasteiger partial charge in [0.1, 0.15) is 0 Å². The van der Waals surface area contributed by atoms with Gasteiger partial charge in [-0.25, -0.2) is 0 Å². The average molecular weight is 310 g/mol. The molecule has 0 amide bonds. The minimum absolute atomic E-state index is 0.0527. The number of aliphatic hydroxyl groups is 1. The molecule has 1 N–H and O–H groups in total. The van der Waals surface area contributed by atoms with Crippen molar-refractivity contribution in [3.05, 3.63) is 63.6 Å². The lowest BCUT2D eigenvalue weighted by Crippen LogP contribution is -2.21. The van der Waals surface area contributed by atoms with E-state index in [0.717, 1.165) is 21.8 Å². The Bertz CT molecular complexity index is 601. The summed E-state index contributed by atoms with van der Waals surface area (Å²) in [5, 5.41) is 10.5. The van der Waals surface area contributed by atoms with Crippen LogP contribution in [0.5, 0.6) is 0 Å². The van der Waals surface area contributed by atoms with Crippen molar-refractivity contribution in [3.8, 4) is 0 Å². The molecule has 0 saturated carbocycles. The number of rotatable bonds is 4. The highest BCUT2D eigenvalue weighted by Crippen LogP contribution is 2.31. The van der Waals surface area contributed by atoms with Gasteiger partial charge in [-0.15, -0.1) is 0 Å². The second-order valence-corrected chi connectivity index (χ2v) is 5.56. The third-order valence-corrected chi connectivity index (χ3v) is 4.25. The lowest BCUT2D eigenvalue weighted by atomic mass is 10.1. The zero-order valence-electron chi connectivity index (χ0n) is 11.5. The van der Waals surface area contributed by atoms with Gasteiger partial charge in [-0.1, -0.05) is 47.5 Å². The average Bonchev–Trinajstić information content (AvgIpc) is 2.46. The molecule has 0 aliphatic heterocycles. The number of benzene rings is 2. The maximum absolute atomic E-state index is 9.16. The van der Waals surface area contributed by atoms with E-state index in [2.05, 4.69) is 11.8 Å². The monoisotopic (exact) mass is 309 g/mol. The molecule has 106 valence electrons. The van der Waals surface area contributed by atoms with Crippen molar-refractivity contribution in [1.82, 2.24) is 0 Å². The Morgan fingerprint density at radius 1 is 1.10 bits per heavy atom. The molecule has 0 fully saturated rings. The van der Waals surface area contributed by atoms with Gasteiger partial charge in [0.15, 0.2) is 0 Å². The molecule has 2 aromatic carbocycles. The van der Waals surface area contributed by atoms with Crippen LogP contribution in [0.2, 0.25) is 10.0 Å². The van der Waals surface area contributed by atoms with Crippen LogP contribution in [-0.2, 0) is 6.61 Å². The molecule has 1 atom stereocenters.